The molecular formula is C14H27NaO3S. The van der Waals surface area contributed by atoms with Crippen LogP contribution in [0.5, 0.6) is 0 Å². The van der Waals surface area contributed by atoms with Crippen LogP contribution >= 0.6 is 0 Å². The maximum atomic E-state index is 10.8. The van der Waals surface area contributed by atoms with E-state index in [1.807, 2.05) is 0 Å². The summed E-state index contributed by atoms with van der Waals surface area (Å²) in [5.41, 5.74) is 0. The topological polar surface area (TPSA) is 57.2 Å². The number of rotatable bonds is 11. The molecular weight excluding hydrogens is 271 g/mol. The molecule has 0 aliphatic heterocycles. The van der Waals surface area contributed by atoms with E-state index in [1.54, 1.807) is 6.92 Å². The molecule has 0 saturated heterocycles. The Balaban J connectivity index is 0. The third kappa shape index (κ3) is 13.4. The van der Waals surface area contributed by atoms with Crippen molar-refractivity contribution in [3.8, 4) is 0 Å². The summed E-state index contributed by atoms with van der Waals surface area (Å²) in [6, 6.07) is 0. The van der Waals surface area contributed by atoms with Crippen LogP contribution in [0, 0.1) is 0 Å². The van der Waals surface area contributed by atoms with Crippen molar-refractivity contribution in [2.45, 2.75) is 78.1 Å². The monoisotopic (exact) mass is 298 g/mol. The van der Waals surface area contributed by atoms with Crippen LogP contribution in [0.2, 0.25) is 0 Å². The first-order chi connectivity index (χ1) is 8.52. The second kappa shape index (κ2) is 13.6. The Kier molecular flexibility index (Phi) is 15.7. The molecule has 0 atom stereocenters. The average Bonchev–Trinajstić information content (AvgIpc) is 2.30. The molecule has 0 spiro atoms. The van der Waals surface area contributed by atoms with Gasteiger partial charge in [0.2, 0.25) is 0 Å². The summed E-state index contributed by atoms with van der Waals surface area (Å²) in [4.78, 5) is 0.0467. The van der Waals surface area contributed by atoms with E-state index in [1.165, 1.54) is 44.6 Å². The van der Waals surface area contributed by atoms with Gasteiger partial charge in [0.25, 0.3) is 0 Å². The molecule has 0 aliphatic rings. The predicted octanol–water partition coefficient (Wildman–Crippen LogP) is 1.36. The van der Waals surface area contributed by atoms with Crippen LogP contribution in [-0.2, 0) is 10.1 Å². The van der Waals surface area contributed by atoms with Gasteiger partial charge in [-0.25, -0.2) is 8.42 Å². The van der Waals surface area contributed by atoms with Crippen LogP contribution in [0.15, 0.2) is 11.0 Å². The molecule has 3 nitrogen and oxygen atoms in total. The fourth-order valence-electron chi connectivity index (χ4n) is 2.02. The van der Waals surface area contributed by atoms with E-state index < -0.39 is 10.1 Å². The summed E-state index contributed by atoms with van der Waals surface area (Å²) in [5.74, 6) is 0. The third-order valence-corrected chi connectivity index (χ3v) is 4.25. The molecule has 0 aromatic carbocycles. The van der Waals surface area contributed by atoms with Gasteiger partial charge in [0.15, 0.2) is 0 Å². The minimum atomic E-state index is -4.21. The maximum absolute atomic E-state index is 10.8. The normalized spacial score (nSPS) is 12.3. The van der Waals surface area contributed by atoms with Crippen molar-refractivity contribution in [2.75, 3.05) is 0 Å². The fraction of sp³-hybridized carbons (Fsp3) is 0.857. The van der Waals surface area contributed by atoms with Crippen molar-refractivity contribution in [1.29, 1.82) is 0 Å². The molecule has 0 aromatic rings. The second-order valence-electron chi connectivity index (χ2n) is 4.79. The standard InChI is InChI=1S/C14H28O3S.Na/c1-3-5-6-7-8-9-10-11-12-13-14(4-2)18(15,16)17;/h4H,3,5-13H2,1-2H3,(H,15,16,17);/q;+1/p-1/b14-4+;. The van der Waals surface area contributed by atoms with E-state index in [0.29, 0.717) is 6.42 Å². The molecule has 5 heteroatoms. The van der Waals surface area contributed by atoms with Gasteiger partial charge in [-0.2, -0.15) is 0 Å². The fourth-order valence-corrected chi connectivity index (χ4v) is 2.71. The Bertz CT molecular complexity index is 324. The van der Waals surface area contributed by atoms with Crippen LogP contribution in [0.4, 0.5) is 0 Å². The van der Waals surface area contributed by atoms with E-state index in [9.17, 15) is 13.0 Å². The first-order valence-corrected chi connectivity index (χ1v) is 8.54. The van der Waals surface area contributed by atoms with Crippen molar-refractivity contribution in [2.24, 2.45) is 0 Å². The minimum Gasteiger partial charge on any atom is -0.744 e. The number of allylic oxidation sites excluding steroid dienone is 2. The molecule has 0 fully saturated rings. The zero-order valence-corrected chi connectivity index (χ0v) is 15.6. The van der Waals surface area contributed by atoms with E-state index in [0.717, 1.165) is 19.3 Å². The quantitative estimate of drug-likeness (QED) is 0.329. The molecule has 0 unspecified atom stereocenters. The molecule has 0 N–H and O–H groups in total. The summed E-state index contributed by atoms with van der Waals surface area (Å²) in [7, 11) is -4.21. The van der Waals surface area contributed by atoms with Crippen LogP contribution in [0.3, 0.4) is 0 Å². The number of unbranched alkanes of at least 4 members (excludes halogenated alkanes) is 8. The molecule has 0 saturated carbocycles. The Morgan fingerprint density at radius 2 is 1.37 bits per heavy atom. The second-order valence-corrected chi connectivity index (χ2v) is 6.22. The van der Waals surface area contributed by atoms with Gasteiger partial charge in [0.1, 0.15) is 10.1 Å². The first kappa shape index (κ1) is 21.9. The zero-order chi connectivity index (χ0) is 13.9. The zero-order valence-electron chi connectivity index (χ0n) is 12.8. The van der Waals surface area contributed by atoms with Gasteiger partial charge >= 0.3 is 29.6 Å². The van der Waals surface area contributed by atoms with Gasteiger partial charge < -0.3 is 4.55 Å². The molecule has 108 valence electrons. The van der Waals surface area contributed by atoms with E-state index in [-0.39, 0.29) is 34.5 Å². The van der Waals surface area contributed by atoms with Gasteiger partial charge in [-0.05, 0) is 19.8 Å². The van der Waals surface area contributed by atoms with Crippen molar-refractivity contribution < 1.29 is 42.5 Å². The summed E-state index contributed by atoms with van der Waals surface area (Å²) in [6.07, 6.45) is 12.5. The van der Waals surface area contributed by atoms with Gasteiger partial charge in [-0.3, -0.25) is 0 Å². The van der Waals surface area contributed by atoms with Gasteiger partial charge in [0, 0.05) is 4.91 Å². The molecule has 19 heavy (non-hydrogen) atoms. The van der Waals surface area contributed by atoms with Crippen LogP contribution in [0.25, 0.3) is 0 Å². The molecule has 0 amide bonds. The summed E-state index contributed by atoms with van der Waals surface area (Å²) >= 11 is 0. The average molecular weight is 298 g/mol. The van der Waals surface area contributed by atoms with Gasteiger partial charge in [-0.1, -0.05) is 64.4 Å². The van der Waals surface area contributed by atoms with E-state index in [2.05, 4.69) is 6.92 Å². The van der Waals surface area contributed by atoms with E-state index >= 15 is 0 Å². The van der Waals surface area contributed by atoms with Crippen molar-refractivity contribution >= 4 is 10.1 Å². The van der Waals surface area contributed by atoms with Crippen molar-refractivity contribution in [1.82, 2.24) is 0 Å². The van der Waals surface area contributed by atoms with Crippen LogP contribution in [-0.4, -0.2) is 13.0 Å². The summed E-state index contributed by atoms with van der Waals surface area (Å²) in [5, 5.41) is 0. The molecule has 0 rings (SSSR count). The smallest absolute Gasteiger partial charge is 0.744 e. The Morgan fingerprint density at radius 1 is 0.947 bits per heavy atom. The molecule has 0 aromatic heterocycles. The summed E-state index contributed by atoms with van der Waals surface area (Å²) < 4.78 is 32.4. The van der Waals surface area contributed by atoms with Gasteiger partial charge in [0.05, 0.1) is 0 Å². The molecule has 0 radical (unpaired) electrons. The molecule has 0 heterocycles. The third-order valence-electron chi connectivity index (χ3n) is 3.17. The van der Waals surface area contributed by atoms with Crippen molar-refractivity contribution in [3.05, 3.63) is 11.0 Å². The Hall–Kier alpha value is 0.650. The minimum absolute atomic E-state index is 0. The SMILES string of the molecule is C/C=C(\CCCCCCCCCCC)S(=O)(=O)[O-].[Na+]. The summed E-state index contributed by atoms with van der Waals surface area (Å²) in [6.45, 7) is 3.82. The number of hydrogen-bond donors (Lipinski definition) is 0. The van der Waals surface area contributed by atoms with Crippen LogP contribution in [0.1, 0.15) is 78.1 Å². The maximum Gasteiger partial charge on any atom is 1.00 e. The first-order valence-electron chi connectivity index (χ1n) is 7.13. The molecule has 0 bridgehead atoms. The van der Waals surface area contributed by atoms with E-state index in [4.69, 9.17) is 0 Å². The molecule has 0 aliphatic carbocycles. The van der Waals surface area contributed by atoms with Gasteiger partial charge in [-0.15, -0.1) is 0 Å². The Labute approximate surface area is 141 Å². The van der Waals surface area contributed by atoms with Crippen LogP contribution < -0.4 is 29.6 Å². The predicted molar refractivity (Wildman–Crippen MR) is 75.3 cm³/mol. The van der Waals surface area contributed by atoms with Crippen molar-refractivity contribution in [3.63, 3.8) is 0 Å². The number of hydrogen-bond acceptors (Lipinski definition) is 3. The Morgan fingerprint density at radius 3 is 1.74 bits per heavy atom. The largest absolute Gasteiger partial charge is 1.00 e.